The number of nitrogens with one attached hydrogen (secondary N) is 3. The molecule has 0 spiro atoms. The third kappa shape index (κ3) is 8.46. The van der Waals surface area contributed by atoms with Crippen LogP contribution < -0.4 is 16.0 Å². The topological polar surface area (TPSA) is 90.5 Å². The highest BCUT2D eigenvalue weighted by molar-refractivity contribution is 6.42. The van der Waals surface area contributed by atoms with Crippen molar-refractivity contribution in [3.63, 3.8) is 0 Å². The predicted octanol–water partition coefficient (Wildman–Crippen LogP) is 5.51. The summed E-state index contributed by atoms with van der Waals surface area (Å²) in [5.41, 5.74) is 1.39. The molecule has 1 fully saturated rings. The van der Waals surface area contributed by atoms with Crippen molar-refractivity contribution in [1.29, 1.82) is 0 Å². The van der Waals surface area contributed by atoms with Crippen LogP contribution >= 0.6 is 23.2 Å². The smallest absolute Gasteiger partial charge is 0.243 e. The van der Waals surface area contributed by atoms with Crippen molar-refractivity contribution < 1.29 is 14.4 Å². The van der Waals surface area contributed by atoms with Gasteiger partial charge in [-0.15, -0.1) is 0 Å². The first-order chi connectivity index (χ1) is 20.0. The molecule has 0 bridgehead atoms. The van der Waals surface area contributed by atoms with Crippen molar-refractivity contribution in [2.45, 2.75) is 65.1 Å². The normalized spacial score (nSPS) is 15.9. The molecule has 0 saturated carbocycles. The van der Waals surface area contributed by atoms with E-state index in [1.165, 1.54) is 0 Å². The minimum atomic E-state index is -0.769. The zero-order valence-corrected chi connectivity index (χ0v) is 26.0. The Morgan fingerprint density at radius 3 is 2.40 bits per heavy atom. The van der Waals surface area contributed by atoms with Crippen LogP contribution in [0.25, 0.3) is 10.8 Å². The molecule has 3 N–H and O–H groups in total. The Morgan fingerprint density at radius 2 is 1.67 bits per heavy atom. The summed E-state index contributed by atoms with van der Waals surface area (Å²) in [5.74, 6) is -0.578. The largest absolute Gasteiger partial charge is 0.354 e. The van der Waals surface area contributed by atoms with Crippen LogP contribution in [-0.4, -0.2) is 54.3 Å². The molecule has 1 aliphatic heterocycles. The fourth-order valence-corrected chi connectivity index (χ4v) is 5.54. The Bertz CT molecular complexity index is 1420. The van der Waals surface area contributed by atoms with E-state index in [1.54, 1.807) is 11.0 Å². The predicted molar refractivity (Wildman–Crippen MR) is 170 cm³/mol. The van der Waals surface area contributed by atoms with Gasteiger partial charge < -0.3 is 20.9 Å². The lowest BCUT2D eigenvalue weighted by Crippen LogP contribution is -2.55. The molecule has 3 aromatic carbocycles. The molecule has 0 aromatic heterocycles. The maximum Gasteiger partial charge on any atom is 0.243 e. The van der Waals surface area contributed by atoms with E-state index in [1.807, 2.05) is 69.3 Å². The summed E-state index contributed by atoms with van der Waals surface area (Å²) >= 11 is 12.1. The second-order valence-electron chi connectivity index (χ2n) is 11.9. The first kappa shape index (κ1) is 31.8. The Labute approximate surface area is 258 Å². The van der Waals surface area contributed by atoms with Crippen molar-refractivity contribution in [2.24, 2.45) is 5.41 Å². The molecule has 3 amide bonds. The lowest BCUT2D eigenvalue weighted by molar-refractivity contribution is -0.145. The molecule has 4 rings (SSSR count). The van der Waals surface area contributed by atoms with Gasteiger partial charge in [0.05, 0.1) is 10.0 Å². The highest BCUT2D eigenvalue weighted by Crippen LogP contribution is 2.26. The van der Waals surface area contributed by atoms with E-state index in [0.29, 0.717) is 55.5 Å². The molecule has 0 aliphatic carbocycles. The molecule has 2 unspecified atom stereocenters. The summed E-state index contributed by atoms with van der Waals surface area (Å²) in [6, 6.07) is 18.3. The zero-order valence-electron chi connectivity index (χ0n) is 24.5. The minimum absolute atomic E-state index is 0.0518. The van der Waals surface area contributed by atoms with E-state index in [4.69, 9.17) is 23.2 Å². The Kier molecular flexibility index (Phi) is 10.9. The van der Waals surface area contributed by atoms with Crippen LogP contribution in [0, 0.1) is 5.41 Å². The van der Waals surface area contributed by atoms with E-state index >= 15 is 0 Å². The van der Waals surface area contributed by atoms with Crippen molar-refractivity contribution in [1.82, 2.24) is 20.9 Å². The second-order valence-corrected chi connectivity index (χ2v) is 12.7. The number of halogens is 2. The molecule has 2 atom stereocenters. The fraction of sp³-hybridized carbons (Fsp3) is 0.424. The van der Waals surface area contributed by atoms with Crippen LogP contribution in [0.5, 0.6) is 0 Å². The maximum atomic E-state index is 13.5. The summed E-state index contributed by atoms with van der Waals surface area (Å²) in [4.78, 5) is 41.6. The number of hydrogen-bond donors (Lipinski definition) is 3. The number of rotatable bonds is 11. The quantitative estimate of drug-likeness (QED) is 0.250. The average molecular weight is 612 g/mol. The van der Waals surface area contributed by atoms with Gasteiger partial charge in [-0.25, -0.2) is 0 Å². The summed E-state index contributed by atoms with van der Waals surface area (Å²) in [7, 11) is 0. The van der Waals surface area contributed by atoms with Gasteiger partial charge in [0.1, 0.15) is 12.1 Å². The molecular formula is C33H40Cl2N4O3. The number of benzene rings is 3. The van der Waals surface area contributed by atoms with Gasteiger partial charge in [-0.3, -0.25) is 14.4 Å². The average Bonchev–Trinajstić information content (AvgIpc) is 3.45. The molecule has 1 saturated heterocycles. The number of carbonyl (C=O) groups is 3. The molecule has 9 heteroatoms. The van der Waals surface area contributed by atoms with E-state index in [9.17, 15) is 14.4 Å². The third-order valence-corrected chi connectivity index (χ3v) is 8.23. The lowest BCUT2D eigenvalue weighted by atomic mass is 9.94. The minimum Gasteiger partial charge on any atom is -0.354 e. The SMILES string of the molecule is CC(C)(C)C(=O)N1CCCC1C(=O)NC(Cc1ccc2ccccc2c1)C(=O)NCCCNCc1ccc(Cl)c(Cl)c1. The number of hydrogen-bond acceptors (Lipinski definition) is 4. The molecule has 1 aliphatic rings. The number of amides is 3. The maximum absolute atomic E-state index is 13.5. The van der Waals surface area contributed by atoms with E-state index in [-0.39, 0.29) is 17.7 Å². The van der Waals surface area contributed by atoms with Crippen molar-refractivity contribution in [2.75, 3.05) is 19.6 Å². The molecule has 3 aromatic rings. The molecular weight excluding hydrogens is 571 g/mol. The Balaban J connectivity index is 1.38. The zero-order chi connectivity index (χ0) is 30.3. The second kappa shape index (κ2) is 14.4. The van der Waals surface area contributed by atoms with Crippen LogP contribution in [0.4, 0.5) is 0 Å². The van der Waals surface area contributed by atoms with Crippen LogP contribution in [0.15, 0.2) is 60.7 Å². The molecule has 0 radical (unpaired) electrons. The van der Waals surface area contributed by atoms with Gasteiger partial charge in [0, 0.05) is 31.5 Å². The van der Waals surface area contributed by atoms with Crippen molar-refractivity contribution in [3.05, 3.63) is 81.8 Å². The fourth-order valence-electron chi connectivity index (χ4n) is 5.22. The van der Waals surface area contributed by atoms with Crippen LogP contribution in [-0.2, 0) is 27.3 Å². The first-order valence-electron chi connectivity index (χ1n) is 14.5. The van der Waals surface area contributed by atoms with E-state index < -0.39 is 17.5 Å². The molecule has 42 heavy (non-hydrogen) atoms. The summed E-state index contributed by atoms with van der Waals surface area (Å²) in [5, 5.41) is 12.6. The van der Waals surface area contributed by atoms with Crippen molar-refractivity contribution in [3.8, 4) is 0 Å². The monoisotopic (exact) mass is 610 g/mol. The molecule has 7 nitrogen and oxygen atoms in total. The standard InChI is InChI=1S/C33H40Cl2N4O3/c1-33(2,3)32(42)39-17-6-10-29(39)31(41)38-28(20-22-11-13-24-8-4-5-9-25(24)18-22)30(40)37-16-7-15-36-21-23-12-14-26(34)27(35)19-23/h4-5,8-9,11-14,18-19,28-29,36H,6-7,10,15-17,20-21H2,1-3H3,(H,37,40)(H,38,41). The van der Waals surface area contributed by atoms with Gasteiger partial charge in [0.25, 0.3) is 0 Å². The van der Waals surface area contributed by atoms with Gasteiger partial charge in [-0.2, -0.15) is 0 Å². The first-order valence-corrected chi connectivity index (χ1v) is 15.3. The lowest BCUT2D eigenvalue weighted by Gasteiger charge is -2.31. The summed E-state index contributed by atoms with van der Waals surface area (Å²) in [6.07, 6.45) is 2.40. The highest BCUT2D eigenvalue weighted by atomic mass is 35.5. The Morgan fingerprint density at radius 1 is 0.929 bits per heavy atom. The third-order valence-electron chi connectivity index (χ3n) is 7.49. The molecule has 224 valence electrons. The van der Waals surface area contributed by atoms with Gasteiger partial charge in [-0.1, -0.05) is 92.5 Å². The van der Waals surface area contributed by atoms with Crippen molar-refractivity contribution >= 4 is 51.7 Å². The Hall–Kier alpha value is -3.13. The van der Waals surface area contributed by atoms with E-state index in [0.717, 1.165) is 28.3 Å². The summed E-state index contributed by atoms with van der Waals surface area (Å²) in [6.45, 7) is 7.90. The number of nitrogens with zero attached hydrogens (tertiary/aromatic N) is 1. The van der Waals surface area contributed by atoms with E-state index in [2.05, 4.69) is 22.0 Å². The number of carbonyl (C=O) groups excluding carboxylic acids is 3. The molecule has 1 heterocycles. The van der Waals surface area contributed by atoms with Crippen LogP contribution in [0.2, 0.25) is 10.0 Å². The van der Waals surface area contributed by atoms with Crippen LogP contribution in [0.3, 0.4) is 0 Å². The number of fused-ring (bicyclic) bond motifs is 1. The van der Waals surface area contributed by atoms with Gasteiger partial charge in [-0.05, 0) is 59.8 Å². The van der Waals surface area contributed by atoms with Gasteiger partial charge >= 0.3 is 0 Å². The van der Waals surface area contributed by atoms with Crippen LogP contribution in [0.1, 0.15) is 51.2 Å². The summed E-state index contributed by atoms with van der Waals surface area (Å²) < 4.78 is 0. The number of likely N-dealkylation sites (tertiary alicyclic amines) is 1. The van der Waals surface area contributed by atoms with Gasteiger partial charge in [0.15, 0.2) is 0 Å². The van der Waals surface area contributed by atoms with Gasteiger partial charge in [0.2, 0.25) is 17.7 Å². The highest BCUT2D eigenvalue weighted by Gasteiger charge is 2.39.